The first-order valence-corrected chi connectivity index (χ1v) is 6.62. The molecular weight excluding hydrogens is 244 g/mol. The number of rotatable bonds is 5. The maximum atomic E-state index is 11.7. The smallest absolute Gasteiger partial charge is 0.408 e. The minimum absolute atomic E-state index is 0.143. The normalized spacial score (nSPS) is 14.7. The molecule has 5 heteroatoms. The number of fused-ring (bicyclic) bond motifs is 1. The largest absolute Gasteiger partial charge is 0.419 e. The molecule has 0 unspecified atom stereocenters. The molecule has 1 saturated carbocycles. The number of nitrogens with zero attached hydrogens (tertiary/aromatic N) is 1. The van der Waals surface area contributed by atoms with Crippen molar-refractivity contribution in [2.24, 2.45) is 5.92 Å². The van der Waals surface area contributed by atoms with Gasteiger partial charge in [-0.2, -0.15) is 0 Å². The molecule has 0 saturated heterocycles. The van der Waals surface area contributed by atoms with Gasteiger partial charge < -0.3 is 9.73 Å². The van der Waals surface area contributed by atoms with Gasteiger partial charge in [-0.05, 0) is 31.4 Å². The lowest BCUT2D eigenvalue weighted by molar-refractivity contribution is -0.122. The van der Waals surface area contributed by atoms with Crippen molar-refractivity contribution in [3.8, 4) is 0 Å². The molecule has 1 N–H and O–H groups in total. The van der Waals surface area contributed by atoms with E-state index in [1.165, 1.54) is 0 Å². The lowest BCUT2D eigenvalue weighted by atomic mass is 10.3. The average Bonchev–Trinajstić information content (AvgIpc) is 3.20. The van der Waals surface area contributed by atoms with Gasteiger partial charge >= 0.3 is 5.76 Å². The summed E-state index contributed by atoms with van der Waals surface area (Å²) in [6.07, 6.45) is 2.75. The Kier molecular flexibility index (Phi) is 3.11. The van der Waals surface area contributed by atoms with Crippen molar-refractivity contribution in [3.63, 3.8) is 0 Å². The molecule has 100 valence electrons. The standard InChI is InChI=1S/C14H16N2O3/c17-13(10-6-7-10)15-8-3-9-16-11-4-1-2-5-12(11)19-14(16)18/h1-2,4-5,10H,3,6-9H2,(H,15,17). The van der Waals surface area contributed by atoms with Crippen molar-refractivity contribution in [2.75, 3.05) is 6.54 Å². The van der Waals surface area contributed by atoms with Crippen molar-refractivity contribution in [2.45, 2.75) is 25.8 Å². The number of hydrogen-bond donors (Lipinski definition) is 1. The summed E-state index contributed by atoms with van der Waals surface area (Å²) in [4.78, 5) is 23.1. The van der Waals surface area contributed by atoms with Crippen molar-refractivity contribution < 1.29 is 9.21 Å². The highest BCUT2D eigenvalue weighted by molar-refractivity contribution is 5.80. The molecule has 1 aromatic heterocycles. The van der Waals surface area contributed by atoms with Crippen LogP contribution in [0.25, 0.3) is 11.1 Å². The minimum atomic E-state index is -0.338. The van der Waals surface area contributed by atoms with E-state index in [0.29, 0.717) is 18.7 Å². The lowest BCUT2D eigenvalue weighted by Crippen LogP contribution is -2.27. The molecule has 0 atom stereocenters. The van der Waals surface area contributed by atoms with Crippen molar-refractivity contribution in [3.05, 3.63) is 34.8 Å². The second-order valence-electron chi connectivity index (χ2n) is 4.91. The second-order valence-corrected chi connectivity index (χ2v) is 4.91. The number of aromatic nitrogens is 1. The average molecular weight is 260 g/mol. The molecule has 1 heterocycles. The first kappa shape index (κ1) is 12.0. The van der Waals surface area contributed by atoms with Gasteiger partial charge in [0.1, 0.15) is 0 Å². The Morgan fingerprint density at radius 1 is 1.37 bits per heavy atom. The van der Waals surface area contributed by atoms with Gasteiger partial charge in [-0.15, -0.1) is 0 Å². The molecule has 5 nitrogen and oxygen atoms in total. The Hall–Kier alpha value is -2.04. The van der Waals surface area contributed by atoms with Crippen LogP contribution in [0, 0.1) is 5.92 Å². The Balaban J connectivity index is 1.60. The zero-order valence-electron chi connectivity index (χ0n) is 10.6. The second kappa shape index (κ2) is 4.91. The van der Waals surface area contributed by atoms with Crippen LogP contribution >= 0.6 is 0 Å². The van der Waals surface area contributed by atoms with Gasteiger partial charge in [-0.3, -0.25) is 9.36 Å². The fourth-order valence-electron chi connectivity index (χ4n) is 2.16. The molecule has 1 aromatic carbocycles. The summed E-state index contributed by atoms with van der Waals surface area (Å²) in [7, 11) is 0. The van der Waals surface area contributed by atoms with Crippen molar-refractivity contribution >= 4 is 17.0 Å². The molecule has 3 rings (SSSR count). The van der Waals surface area contributed by atoms with Gasteiger partial charge in [-0.1, -0.05) is 12.1 Å². The van der Waals surface area contributed by atoms with Gasteiger partial charge in [0, 0.05) is 19.0 Å². The third-order valence-corrected chi connectivity index (χ3v) is 3.38. The van der Waals surface area contributed by atoms with Crippen LogP contribution < -0.4 is 11.1 Å². The van der Waals surface area contributed by atoms with Gasteiger partial charge in [-0.25, -0.2) is 4.79 Å². The number of benzene rings is 1. The Morgan fingerprint density at radius 3 is 2.95 bits per heavy atom. The Morgan fingerprint density at radius 2 is 2.16 bits per heavy atom. The van der Waals surface area contributed by atoms with E-state index in [1.807, 2.05) is 18.2 Å². The molecule has 1 amide bonds. The van der Waals surface area contributed by atoms with E-state index in [-0.39, 0.29) is 17.6 Å². The number of aryl methyl sites for hydroxylation is 1. The zero-order chi connectivity index (χ0) is 13.2. The van der Waals surface area contributed by atoms with E-state index >= 15 is 0 Å². The number of para-hydroxylation sites is 2. The van der Waals surface area contributed by atoms with E-state index in [4.69, 9.17) is 4.42 Å². The summed E-state index contributed by atoms with van der Waals surface area (Å²) < 4.78 is 6.76. The van der Waals surface area contributed by atoms with Crippen molar-refractivity contribution in [1.29, 1.82) is 0 Å². The van der Waals surface area contributed by atoms with Crippen LogP contribution in [0.15, 0.2) is 33.5 Å². The maximum absolute atomic E-state index is 11.7. The van der Waals surface area contributed by atoms with Crippen molar-refractivity contribution in [1.82, 2.24) is 9.88 Å². The monoisotopic (exact) mass is 260 g/mol. The van der Waals surface area contributed by atoms with E-state index in [0.717, 1.165) is 24.8 Å². The van der Waals surface area contributed by atoms with Crippen LogP contribution in [-0.4, -0.2) is 17.0 Å². The van der Waals surface area contributed by atoms with Gasteiger partial charge in [0.2, 0.25) is 5.91 Å². The molecule has 0 aliphatic heterocycles. The van der Waals surface area contributed by atoms with E-state index < -0.39 is 0 Å². The fourth-order valence-corrected chi connectivity index (χ4v) is 2.16. The Labute approximate surface area is 110 Å². The number of carbonyl (C=O) groups excluding carboxylic acids is 1. The maximum Gasteiger partial charge on any atom is 0.419 e. The summed E-state index contributed by atoms with van der Waals surface area (Å²) in [5.41, 5.74) is 1.41. The molecule has 0 bridgehead atoms. The summed E-state index contributed by atoms with van der Waals surface area (Å²) in [5.74, 6) is 0.0385. The van der Waals surface area contributed by atoms with Crippen LogP contribution in [0.3, 0.4) is 0 Å². The summed E-state index contributed by atoms with van der Waals surface area (Å²) >= 11 is 0. The van der Waals surface area contributed by atoms with E-state index in [9.17, 15) is 9.59 Å². The summed E-state index contributed by atoms with van der Waals surface area (Å²) in [6.45, 7) is 1.15. The molecule has 1 fully saturated rings. The molecule has 2 aromatic rings. The number of oxazole rings is 1. The third kappa shape index (κ3) is 2.54. The minimum Gasteiger partial charge on any atom is -0.408 e. The topological polar surface area (TPSA) is 64.2 Å². The van der Waals surface area contributed by atoms with Crippen LogP contribution in [0.1, 0.15) is 19.3 Å². The predicted octanol–water partition coefficient (Wildman–Crippen LogP) is 1.51. The predicted molar refractivity (Wildman–Crippen MR) is 70.8 cm³/mol. The quantitative estimate of drug-likeness (QED) is 0.829. The van der Waals surface area contributed by atoms with Crippen LogP contribution in [-0.2, 0) is 11.3 Å². The van der Waals surface area contributed by atoms with Crippen LogP contribution in [0.2, 0.25) is 0 Å². The fraction of sp³-hybridized carbons (Fsp3) is 0.429. The van der Waals surface area contributed by atoms with E-state index in [2.05, 4.69) is 5.32 Å². The number of carbonyl (C=O) groups is 1. The summed E-state index contributed by atoms with van der Waals surface area (Å²) in [5, 5.41) is 2.89. The van der Waals surface area contributed by atoms with Gasteiger partial charge in [0.15, 0.2) is 5.58 Å². The molecule has 0 spiro atoms. The lowest BCUT2D eigenvalue weighted by Gasteiger charge is -2.04. The first-order valence-electron chi connectivity index (χ1n) is 6.62. The number of hydrogen-bond acceptors (Lipinski definition) is 3. The van der Waals surface area contributed by atoms with Crippen LogP contribution in [0.5, 0.6) is 0 Å². The number of amides is 1. The molecule has 19 heavy (non-hydrogen) atoms. The molecular formula is C14H16N2O3. The zero-order valence-corrected chi connectivity index (χ0v) is 10.6. The molecule has 1 aliphatic carbocycles. The van der Waals surface area contributed by atoms with E-state index in [1.54, 1.807) is 10.6 Å². The van der Waals surface area contributed by atoms with Gasteiger partial charge in [0.05, 0.1) is 5.52 Å². The van der Waals surface area contributed by atoms with Gasteiger partial charge in [0.25, 0.3) is 0 Å². The molecule has 0 radical (unpaired) electrons. The molecule has 1 aliphatic rings. The number of nitrogens with one attached hydrogen (secondary N) is 1. The highest BCUT2D eigenvalue weighted by Gasteiger charge is 2.28. The SMILES string of the molecule is O=C(NCCCn1c(=O)oc2ccccc21)C1CC1. The third-order valence-electron chi connectivity index (χ3n) is 3.38. The first-order chi connectivity index (χ1) is 9.25. The Bertz CT molecular complexity index is 652. The summed E-state index contributed by atoms with van der Waals surface area (Å²) in [6, 6.07) is 7.36. The highest BCUT2D eigenvalue weighted by Crippen LogP contribution is 2.28. The van der Waals surface area contributed by atoms with Crippen LogP contribution in [0.4, 0.5) is 0 Å². The highest BCUT2D eigenvalue weighted by atomic mass is 16.4.